The molecule has 4 rings (SSSR count). The van der Waals surface area contributed by atoms with E-state index < -0.39 is 11.9 Å². The Balaban J connectivity index is 1.52. The molecule has 3 N–H and O–H groups in total. The smallest absolute Gasteiger partial charge is 0.251 e. The molecule has 1 saturated carbocycles. The summed E-state index contributed by atoms with van der Waals surface area (Å²) in [7, 11) is 0. The molecule has 5 nitrogen and oxygen atoms in total. The topological polar surface area (TPSA) is 77.2 Å². The Kier molecular flexibility index (Phi) is 6.53. The van der Waals surface area contributed by atoms with Gasteiger partial charge in [-0.25, -0.2) is 9.37 Å². The van der Waals surface area contributed by atoms with Crippen molar-refractivity contribution in [3.8, 4) is 16.9 Å². The second-order valence-electron chi connectivity index (χ2n) is 7.86. The van der Waals surface area contributed by atoms with Crippen LogP contribution < -0.4 is 15.8 Å². The quantitative estimate of drug-likeness (QED) is 0.409. The van der Waals surface area contributed by atoms with Gasteiger partial charge in [0.25, 0.3) is 5.91 Å². The van der Waals surface area contributed by atoms with Crippen LogP contribution in [-0.2, 0) is 0 Å². The molecule has 8 heteroatoms. The first-order chi connectivity index (χ1) is 15.3. The summed E-state index contributed by atoms with van der Waals surface area (Å²) in [5, 5.41) is 3.15. The number of nitrogens with zero attached hydrogens (tertiary/aromatic N) is 1. The maximum absolute atomic E-state index is 13.9. The maximum Gasteiger partial charge on any atom is 0.251 e. The zero-order valence-electron chi connectivity index (χ0n) is 17.4. The molecule has 32 heavy (non-hydrogen) atoms. The zero-order valence-corrected chi connectivity index (χ0v) is 18.9. The van der Waals surface area contributed by atoms with Crippen LogP contribution in [0.2, 0.25) is 10.0 Å². The van der Waals surface area contributed by atoms with Gasteiger partial charge < -0.3 is 15.8 Å². The molecule has 1 amide bonds. The van der Waals surface area contributed by atoms with Gasteiger partial charge in [-0.2, -0.15) is 0 Å². The van der Waals surface area contributed by atoms with Gasteiger partial charge in [-0.05, 0) is 61.6 Å². The molecule has 3 aromatic rings. The Hall–Kier alpha value is -2.83. The molecule has 0 saturated heterocycles. The predicted molar refractivity (Wildman–Crippen MR) is 125 cm³/mol. The SMILES string of the molecule is CC(Oc1cc(-c2ccc(C(=O)NCC3CC3)cc2)cnc1N)c1c(Cl)ccc(F)c1Cl. The van der Waals surface area contributed by atoms with E-state index in [2.05, 4.69) is 10.3 Å². The van der Waals surface area contributed by atoms with Crippen LogP contribution in [0.15, 0.2) is 48.7 Å². The minimum absolute atomic E-state index is 0.0828. The van der Waals surface area contributed by atoms with Crippen molar-refractivity contribution >= 4 is 34.9 Å². The van der Waals surface area contributed by atoms with Crippen LogP contribution in [0.5, 0.6) is 5.75 Å². The average Bonchev–Trinajstić information content (AvgIpc) is 3.61. The highest BCUT2D eigenvalue weighted by molar-refractivity contribution is 6.36. The van der Waals surface area contributed by atoms with Crippen LogP contribution in [0.25, 0.3) is 11.1 Å². The largest absolute Gasteiger partial charge is 0.482 e. The number of nitrogens with two attached hydrogens (primary N) is 1. The molecule has 1 aliphatic rings. The van der Waals surface area contributed by atoms with E-state index in [4.69, 9.17) is 33.7 Å². The van der Waals surface area contributed by atoms with Crippen LogP contribution in [0.1, 0.15) is 41.8 Å². The van der Waals surface area contributed by atoms with Crippen LogP contribution in [-0.4, -0.2) is 17.4 Å². The van der Waals surface area contributed by atoms with Gasteiger partial charge in [-0.15, -0.1) is 0 Å². The molecule has 0 spiro atoms. The number of rotatable bonds is 7. The molecule has 1 aliphatic carbocycles. The van der Waals surface area contributed by atoms with E-state index in [1.165, 1.54) is 25.0 Å². The molecule has 0 aliphatic heterocycles. The minimum Gasteiger partial charge on any atom is -0.482 e. The number of carbonyl (C=O) groups excluding carboxylic acids is 1. The van der Waals surface area contributed by atoms with E-state index in [1.54, 1.807) is 31.3 Å². The van der Waals surface area contributed by atoms with E-state index in [0.717, 1.165) is 17.7 Å². The van der Waals surface area contributed by atoms with Gasteiger partial charge in [-0.3, -0.25) is 4.79 Å². The third-order valence-corrected chi connectivity index (χ3v) is 6.11. The summed E-state index contributed by atoms with van der Waals surface area (Å²) < 4.78 is 19.8. The number of amides is 1. The lowest BCUT2D eigenvalue weighted by atomic mass is 10.0. The Morgan fingerprint density at radius 2 is 1.94 bits per heavy atom. The standard InChI is InChI=1S/C24H22Cl2FN3O2/c1-13(21-18(25)8-9-19(27)22(21)26)32-20-10-17(12-29-23(20)28)15-4-6-16(7-5-15)24(31)30-11-14-2-3-14/h4-10,12-14H,2-3,11H2,1H3,(H2,28,29)(H,30,31). The van der Waals surface area contributed by atoms with Crippen molar-refractivity contribution in [2.45, 2.75) is 25.9 Å². The number of hydrogen-bond acceptors (Lipinski definition) is 4. The molecule has 1 aromatic heterocycles. The fraction of sp³-hybridized carbons (Fsp3) is 0.250. The molecule has 166 valence electrons. The van der Waals surface area contributed by atoms with Crippen molar-refractivity contribution in [3.05, 3.63) is 75.7 Å². The number of pyridine rings is 1. The lowest BCUT2D eigenvalue weighted by Crippen LogP contribution is -2.25. The van der Waals surface area contributed by atoms with Crippen LogP contribution in [0.4, 0.5) is 10.2 Å². The monoisotopic (exact) mass is 473 g/mol. The van der Waals surface area contributed by atoms with Gasteiger partial charge in [0, 0.05) is 34.5 Å². The third kappa shape index (κ3) is 4.97. The van der Waals surface area contributed by atoms with Crippen molar-refractivity contribution in [3.63, 3.8) is 0 Å². The number of aromatic nitrogens is 1. The molecule has 1 unspecified atom stereocenters. The van der Waals surface area contributed by atoms with Crippen molar-refractivity contribution in [2.75, 3.05) is 12.3 Å². The summed E-state index contributed by atoms with van der Waals surface area (Å²) in [5.74, 6) is 0.457. The fourth-order valence-electron chi connectivity index (χ4n) is 3.35. The van der Waals surface area contributed by atoms with Gasteiger partial charge >= 0.3 is 0 Å². The second kappa shape index (κ2) is 9.35. The van der Waals surface area contributed by atoms with E-state index in [0.29, 0.717) is 27.8 Å². The Morgan fingerprint density at radius 3 is 2.62 bits per heavy atom. The summed E-state index contributed by atoms with van der Waals surface area (Å²) in [6.07, 6.45) is 3.33. The highest BCUT2D eigenvalue weighted by atomic mass is 35.5. The number of halogens is 3. The number of ether oxygens (including phenoxy) is 1. The highest BCUT2D eigenvalue weighted by Gasteiger charge is 2.22. The van der Waals surface area contributed by atoms with Gasteiger partial charge in [0.15, 0.2) is 11.6 Å². The summed E-state index contributed by atoms with van der Waals surface area (Å²) in [4.78, 5) is 16.5. The maximum atomic E-state index is 13.9. The molecule has 1 heterocycles. The summed E-state index contributed by atoms with van der Waals surface area (Å²) in [5.41, 5.74) is 8.52. The van der Waals surface area contributed by atoms with Gasteiger partial charge in [0.1, 0.15) is 11.9 Å². The Labute approximate surface area is 195 Å². The first kappa shape index (κ1) is 22.4. The van der Waals surface area contributed by atoms with Crippen LogP contribution in [0.3, 0.4) is 0 Å². The molecule has 0 bridgehead atoms. The number of carbonyl (C=O) groups is 1. The van der Waals surface area contributed by atoms with Crippen molar-refractivity contribution in [2.24, 2.45) is 5.92 Å². The Morgan fingerprint density at radius 1 is 1.22 bits per heavy atom. The van der Waals surface area contributed by atoms with Crippen molar-refractivity contribution in [1.82, 2.24) is 10.3 Å². The highest BCUT2D eigenvalue weighted by Crippen LogP contribution is 2.37. The average molecular weight is 474 g/mol. The third-order valence-electron chi connectivity index (χ3n) is 5.40. The first-order valence-corrected chi connectivity index (χ1v) is 11.0. The number of hydrogen-bond donors (Lipinski definition) is 2. The lowest BCUT2D eigenvalue weighted by Gasteiger charge is -2.19. The number of nitrogens with one attached hydrogen (secondary N) is 1. The van der Waals surface area contributed by atoms with Gasteiger partial charge in [-0.1, -0.05) is 35.3 Å². The molecule has 0 radical (unpaired) electrons. The van der Waals surface area contributed by atoms with Gasteiger partial charge in [0.2, 0.25) is 0 Å². The molecular weight excluding hydrogens is 452 g/mol. The van der Waals surface area contributed by atoms with E-state index in [9.17, 15) is 9.18 Å². The minimum atomic E-state index is -0.664. The van der Waals surface area contributed by atoms with Crippen LogP contribution in [0, 0.1) is 11.7 Å². The van der Waals surface area contributed by atoms with Crippen LogP contribution >= 0.6 is 23.2 Å². The fourth-order valence-corrected chi connectivity index (χ4v) is 4.03. The molecule has 2 aromatic carbocycles. The number of benzene rings is 2. The van der Waals surface area contributed by atoms with Crippen molar-refractivity contribution in [1.29, 1.82) is 0 Å². The summed E-state index contributed by atoms with van der Waals surface area (Å²) >= 11 is 12.3. The normalized spacial score (nSPS) is 14.1. The number of nitrogen functional groups attached to an aromatic ring is 1. The lowest BCUT2D eigenvalue weighted by molar-refractivity contribution is 0.0952. The second-order valence-corrected chi connectivity index (χ2v) is 8.64. The molecular formula is C24H22Cl2FN3O2. The number of anilines is 1. The zero-order chi connectivity index (χ0) is 22.8. The van der Waals surface area contributed by atoms with E-state index >= 15 is 0 Å². The summed E-state index contributed by atoms with van der Waals surface area (Å²) in [6, 6.07) is 11.6. The van der Waals surface area contributed by atoms with E-state index in [-0.39, 0.29) is 16.7 Å². The molecule has 1 fully saturated rings. The van der Waals surface area contributed by atoms with E-state index in [1.807, 2.05) is 12.1 Å². The summed E-state index contributed by atoms with van der Waals surface area (Å²) in [6.45, 7) is 2.42. The Bertz CT molecular complexity index is 1150. The van der Waals surface area contributed by atoms with Gasteiger partial charge in [0.05, 0.1) is 5.02 Å². The predicted octanol–water partition coefficient (Wildman–Crippen LogP) is 6.06. The first-order valence-electron chi connectivity index (χ1n) is 10.3. The van der Waals surface area contributed by atoms with Crippen molar-refractivity contribution < 1.29 is 13.9 Å². The molecule has 1 atom stereocenters.